The van der Waals surface area contributed by atoms with Gasteiger partial charge in [0.25, 0.3) is 0 Å². The molecule has 176 valence electrons. The monoisotopic (exact) mass is 436 g/mol. The van der Waals surface area contributed by atoms with E-state index in [9.17, 15) is 19.5 Å². The lowest BCUT2D eigenvalue weighted by atomic mass is 9.95. The quantitative estimate of drug-likeness (QED) is 0.208. The second-order valence-electron chi connectivity index (χ2n) is 8.84. The summed E-state index contributed by atoms with van der Waals surface area (Å²) >= 11 is 0. The van der Waals surface area contributed by atoms with Crippen molar-refractivity contribution < 1.29 is 24.2 Å². The van der Waals surface area contributed by atoms with Gasteiger partial charge in [-0.3, -0.25) is 14.4 Å². The Morgan fingerprint density at radius 2 is 1.84 bits per heavy atom. The summed E-state index contributed by atoms with van der Waals surface area (Å²) in [6.45, 7) is 11.2. The van der Waals surface area contributed by atoms with Crippen LogP contribution in [0.25, 0.3) is 0 Å². The van der Waals surface area contributed by atoms with Gasteiger partial charge in [0.15, 0.2) is 0 Å². The van der Waals surface area contributed by atoms with Crippen LogP contribution in [-0.2, 0) is 19.1 Å². The van der Waals surface area contributed by atoms with Gasteiger partial charge in [0.05, 0.1) is 24.1 Å². The number of nitrogens with one attached hydrogen (secondary N) is 2. The highest BCUT2D eigenvalue weighted by molar-refractivity contribution is 5.86. The summed E-state index contributed by atoms with van der Waals surface area (Å²) in [7, 11) is 0. The molecule has 1 fully saturated rings. The Bertz CT molecular complexity index is 611. The average Bonchev–Trinajstić information content (AvgIpc) is 3.19. The van der Waals surface area contributed by atoms with Gasteiger partial charge in [-0.25, -0.2) is 0 Å². The molecular weight excluding hydrogens is 396 g/mol. The number of unbranched alkanes of at least 4 members (excludes halogenated alkanes) is 1. The summed E-state index contributed by atoms with van der Waals surface area (Å²) in [5, 5.41) is 15.6. The SMILES string of the molecule is C=CCCCC(=O)OCC(NC(=O)C(CC=C)CC(=O)NC1(CO)CCCC1)C(C)C. The van der Waals surface area contributed by atoms with Crippen LogP contribution in [0.5, 0.6) is 0 Å². The summed E-state index contributed by atoms with van der Waals surface area (Å²) in [6.07, 6.45) is 8.96. The van der Waals surface area contributed by atoms with Crippen molar-refractivity contribution in [2.45, 2.75) is 83.2 Å². The topological polar surface area (TPSA) is 105 Å². The smallest absolute Gasteiger partial charge is 0.305 e. The Hall–Kier alpha value is -2.15. The van der Waals surface area contributed by atoms with Crippen molar-refractivity contribution in [3.8, 4) is 0 Å². The minimum atomic E-state index is -0.570. The van der Waals surface area contributed by atoms with Crippen LogP contribution in [0.1, 0.15) is 71.6 Å². The van der Waals surface area contributed by atoms with Crippen molar-refractivity contribution in [2.24, 2.45) is 11.8 Å². The molecule has 0 aromatic rings. The van der Waals surface area contributed by atoms with Gasteiger partial charge in [-0.2, -0.15) is 0 Å². The standard InChI is InChI=1S/C24H40N2O5/c1-5-7-8-12-22(29)31-16-20(18(3)4)25-23(30)19(11-6-2)15-21(28)26-24(17-27)13-9-10-14-24/h5-6,18-20,27H,1-2,7-17H2,3-4H3,(H,25,30)(H,26,28). The van der Waals surface area contributed by atoms with Crippen LogP contribution in [0.2, 0.25) is 0 Å². The number of aliphatic hydroxyl groups is 1. The Kier molecular flexibility index (Phi) is 12.2. The molecule has 7 nitrogen and oxygen atoms in total. The van der Waals surface area contributed by atoms with E-state index in [1.807, 2.05) is 13.8 Å². The lowest BCUT2D eigenvalue weighted by molar-refractivity contribution is -0.145. The number of amides is 2. The highest BCUT2D eigenvalue weighted by Gasteiger charge is 2.35. The lowest BCUT2D eigenvalue weighted by Crippen LogP contribution is -2.50. The van der Waals surface area contributed by atoms with E-state index in [0.717, 1.165) is 32.1 Å². The fourth-order valence-electron chi connectivity index (χ4n) is 3.78. The highest BCUT2D eigenvalue weighted by atomic mass is 16.5. The fraction of sp³-hybridized carbons (Fsp3) is 0.708. The van der Waals surface area contributed by atoms with Gasteiger partial charge in [-0.15, -0.1) is 13.2 Å². The summed E-state index contributed by atoms with van der Waals surface area (Å²) < 4.78 is 5.34. The zero-order chi connectivity index (χ0) is 23.3. The highest BCUT2D eigenvalue weighted by Crippen LogP contribution is 2.29. The summed E-state index contributed by atoms with van der Waals surface area (Å²) in [4.78, 5) is 37.4. The van der Waals surface area contributed by atoms with Crippen LogP contribution in [0.4, 0.5) is 0 Å². The van der Waals surface area contributed by atoms with Crippen molar-refractivity contribution in [3.63, 3.8) is 0 Å². The van der Waals surface area contributed by atoms with Crippen molar-refractivity contribution in [2.75, 3.05) is 13.2 Å². The van der Waals surface area contributed by atoms with E-state index in [0.29, 0.717) is 19.3 Å². The van der Waals surface area contributed by atoms with E-state index in [1.165, 1.54) is 0 Å². The lowest BCUT2D eigenvalue weighted by Gasteiger charge is -2.29. The number of aliphatic hydroxyl groups excluding tert-OH is 1. The molecule has 0 bridgehead atoms. The molecule has 1 saturated carbocycles. The first-order valence-corrected chi connectivity index (χ1v) is 11.4. The minimum absolute atomic E-state index is 0.0196. The number of hydrogen-bond donors (Lipinski definition) is 3. The summed E-state index contributed by atoms with van der Waals surface area (Å²) in [5.41, 5.74) is -0.563. The Balaban J connectivity index is 2.63. The predicted molar refractivity (Wildman–Crippen MR) is 121 cm³/mol. The largest absolute Gasteiger partial charge is 0.463 e. The third kappa shape index (κ3) is 9.68. The first-order chi connectivity index (χ1) is 14.8. The molecule has 2 atom stereocenters. The second-order valence-corrected chi connectivity index (χ2v) is 8.84. The van der Waals surface area contributed by atoms with Crippen LogP contribution < -0.4 is 10.6 Å². The molecular formula is C24H40N2O5. The Morgan fingerprint density at radius 3 is 2.39 bits per heavy atom. The first-order valence-electron chi connectivity index (χ1n) is 11.4. The third-order valence-corrected chi connectivity index (χ3v) is 5.87. The van der Waals surface area contributed by atoms with E-state index >= 15 is 0 Å². The fourth-order valence-corrected chi connectivity index (χ4v) is 3.78. The average molecular weight is 437 g/mol. The molecule has 2 unspecified atom stereocenters. The molecule has 0 heterocycles. The number of ether oxygens (including phenoxy) is 1. The molecule has 1 aliphatic carbocycles. The van der Waals surface area contributed by atoms with Crippen LogP contribution >= 0.6 is 0 Å². The van der Waals surface area contributed by atoms with Crippen LogP contribution in [0, 0.1) is 11.8 Å². The normalized spacial score (nSPS) is 16.9. The Morgan fingerprint density at radius 1 is 1.16 bits per heavy atom. The molecule has 1 rings (SSSR count). The number of esters is 1. The number of hydrogen-bond acceptors (Lipinski definition) is 5. The molecule has 0 spiro atoms. The van der Waals surface area contributed by atoms with Crippen molar-refractivity contribution in [3.05, 3.63) is 25.3 Å². The molecule has 3 N–H and O–H groups in total. The second kappa shape index (κ2) is 14.0. The molecule has 0 aliphatic heterocycles. The van der Waals surface area contributed by atoms with E-state index in [1.54, 1.807) is 12.2 Å². The van der Waals surface area contributed by atoms with E-state index in [-0.39, 0.29) is 49.4 Å². The molecule has 0 radical (unpaired) electrons. The maximum atomic E-state index is 12.9. The molecule has 31 heavy (non-hydrogen) atoms. The molecule has 0 saturated heterocycles. The van der Waals surface area contributed by atoms with Crippen LogP contribution in [0.15, 0.2) is 25.3 Å². The van der Waals surface area contributed by atoms with E-state index in [2.05, 4.69) is 23.8 Å². The van der Waals surface area contributed by atoms with Crippen molar-refractivity contribution >= 4 is 17.8 Å². The number of rotatable bonds is 15. The number of carbonyl (C=O) groups is 3. The van der Waals surface area contributed by atoms with Gasteiger partial charge >= 0.3 is 5.97 Å². The zero-order valence-electron chi connectivity index (χ0n) is 19.2. The van der Waals surface area contributed by atoms with E-state index in [4.69, 9.17) is 4.74 Å². The Labute approximate surface area is 186 Å². The minimum Gasteiger partial charge on any atom is -0.463 e. The number of allylic oxidation sites excluding steroid dienone is 2. The van der Waals surface area contributed by atoms with Crippen molar-refractivity contribution in [1.82, 2.24) is 10.6 Å². The summed E-state index contributed by atoms with van der Waals surface area (Å²) in [5.74, 6) is -1.32. The third-order valence-electron chi connectivity index (χ3n) is 5.87. The van der Waals surface area contributed by atoms with Crippen LogP contribution in [-0.4, -0.2) is 47.7 Å². The van der Waals surface area contributed by atoms with Gasteiger partial charge in [0.1, 0.15) is 6.61 Å². The predicted octanol–water partition coefficient (Wildman–Crippen LogP) is 3.03. The summed E-state index contributed by atoms with van der Waals surface area (Å²) in [6, 6.07) is -0.343. The van der Waals surface area contributed by atoms with E-state index < -0.39 is 11.5 Å². The van der Waals surface area contributed by atoms with Crippen molar-refractivity contribution in [1.29, 1.82) is 0 Å². The maximum absolute atomic E-state index is 12.9. The van der Waals surface area contributed by atoms with Gasteiger partial charge in [0, 0.05) is 12.8 Å². The molecule has 0 aromatic carbocycles. The van der Waals surface area contributed by atoms with Gasteiger partial charge in [-0.05, 0) is 38.0 Å². The molecule has 7 heteroatoms. The van der Waals surface area contributed by atoms with Gasteiger partial charge < -0.3 is 20.5 Å². The molecule has 0 aromatic heterocycles. The molecule has 1 aliphatic rings. The van der Waals surface area contributed by atoms with Gasteiger partial charge in [0.2, 0.25) is 11.8 Å². The van der Waals surface area contributed by atoms with Gasteiger partial charge in [-0.1, -0.05) is 38.8 Å². The van der Waals surface area contributed by atoms with Crippen LogP contribution in [0.3, 0.4) is 0 Å². The maximum Gasteiger partial charge on any atom is 0.305 e. The number of carbonyl (C=O) groups excluding carboxylic acids is 3. The first kappa shape index (κ1) is 26.9. The zero-order valence-corrected chi connectivity index (χ0v) is 19.2. The molecule has 2 amide bonds.